The summed E-state index contributed by atoms with van der Waals surface area (Å²) in [5.74, 6) is 0.877. The summed E-state index contributed by atoms with van der Waals surface area (Å²) in [4.78, 5) is 0. The molecule has 0 aliphatic rings. The van der Waals surface area contributed by atoms with Gasteiger partial charge >= 0.3 is 0 Å². The predicted octanol–water partition coefficient (Wildman–Crippen LogP) is 12.3. The van der Waals surface area contributed by atoms with E-state index in [9.17, 15) is 5.11 Å². The summed E-state index contributed by atoms with van der Waals surface area (Å²) in [7, 11) is 0. The Bertz CT molecular complexity index is 366. The molecule has 0 amide bonds. The van der Waals surface area contributed by atoms with E-state index in [0.717, 1.165) is 18.8 Å². The van der Waals surface area contributed by atoms with E-state index in [-0.39, 0.29) is 6.10 Å². The summed E-state index contributed by atoms with van der Waals surface area (Å²) in [6.07, 6.45) is 40.0. The highest BCUT2D eigenvalue weighted by atomic mass is 16.3. The predicted molar refractivity (Wildman–Crippen MR) is 160 cm³/mol. The molecule has 0 heterocycles. The first-order valence-electron chi connectivity index (χ1n) is 16.9. The van der Waals surface area contributed by atoms with Crippen LogP contribution in [0.5, 0.6) is 0 Å². The van der Waals surface area contributed by atoms with Crippen molar-refractivity contribution in [3.8, 4) is 0 Å². The molecule has 0 saturated heterocycles. The van der Waals surface area contributed by atoms with Crippen LogP contribution in [-0.4, -0.2) is 11.2 Å². The maximum atomic E-state index is 10.3. The highest BCUT2D eigenvalue weighted by Crippen LogP contribution is 2.20. The SMILES string of the molecule is CCCCCCCCCCCCCCCCC(C)CCCCC(O)CCCCCCCCCCC. The molecule has 0 saturated carbocycles. The molecule has 1 N–H and O–H groups in total. The van der Waals surface area contributed by atoms with Crippen LogP contribution in [0.1, 0.15) is 207 Å². The molecule has 1 nitrogen and oxygen atoms in total. The molecule has 0 bridgehead atoms. The van der Waals surface area contributed by atoms with Crippen LogP contribution >= 0.6 is 0 Å². The largest absolute Gasteiger partial charge is 0.393 e. The third-order valence-corrected chi connectivity index (χ3v) is 8.18. The molecule has 2 atom stereocenters. The molecule has 0 aromatic heterocycles. The zero-order valence-corrected chi connectivity index (χ0v) is 25.1. The van der Waals surface area contributed by atoms with E-state index in [1.54, 1.807) is 0 Å². The first-order chi connectivity index (χ1) is 17.2. The number of aliphatic hydroxyl groups excluding tert-OH is 1. The minimum absolute atomic E-state index is 0.0411. The zero-order valence-electron chi connectivity index (χ0n) is 25.1. The molecule has 0 spiro atoms. The highest BCUT2D eigenvalue weighted by molar-refractivity contribution is 4.60. The Labute approximate surface area is 224 Å². The van der Waals surface area contributed by atoms with E-state index >= 15 is 0 Å². The third-order valence-electron chi connectivity index (χ3n) is 8.18. The molecule has 212 valence electrons. The minimum atomic E-state index is -0.0411. The fraction of sp³-hybridized carbons (Fsp3) is 1.00. The Kier molecular flexibility index (Phi) is 30.2. The summed E-state index contributed by atoms with van der Waals surface area (Å²) in [5.41, 5.74) is 0. The van der Waals surface area contributed by atoms with Crippen molar-refractivity contribution in [3.05, 3.63) is 0 Å². The van der Waals surface area contributed by atoms with E-state index in [1.807, 2.05) is 0 Å². The van der Waals surface area contributed by atoms with Gasteiger partial charge < -0.3 is 5.11 Å². The van der Waals surface area contributed by atoms with Crippen LogP contribution in [-0.2, 0) is 0 Å². The number of hydrogen-bond donors (Lipinski definition) is 1. The van der Waals surface area contributed by atoms with Gasteiger partial charge in [-0.2, -0.15) is 0 Å². The van der Waals surface area contributed by atoms with Gasteiger partial charge in [0.05, 0.1) is 6.10 Å². The van der Waals surface area contributed by atoms with Crippen LogP contribution in [0.25, 0.3) is 0 Å². The Morgan fingerprint density at radius 2 is 0.571 bits per heavy atom. The first kappa shape index (κ1) is 35.0. The monoisotopic (exact) mass is 495 g/mol. The van der Waals surface area contributed by atoms with E-state index in [2.05, 4.69) is 20.8 Å². The molecular weight excluding hydrogens is 424 g/mol. The fourth-order valence-corrected chi connectivity index (χ4v) is 5.54. The first-order valence-corrected chi connectivity index (χ1v) is 16.9. The molecule has 0 aromatic carbocycles. The van der Waals surface area contributed by atoms with Crippen LogP contribution in [0.2, 0.25) is 0 Å². The van der Waals surface area contributed by atoms with Gasteiger partial charge in [-0.1, -0.05) is 194 Å². The van der Waals surface area contributed by atoms with Gasteiger partial charge in [-0.15, -0.1) is 0 Å². The molecule has 0 fully saturated rings. The van der Waals surface area contributed by atoms with Crippen LogP contribution in [0, 0.1) is 5.92 Å². The van der Waals surface area contributed by atoms with Crippen molar-refractivity contribution in [2.75, 3.05) is 0 Å². The van der Waals surface area contributed by atoms with E-state index in [4.69, 9.17) is 0 Å². The molecule has 0 rings (SSSR count). The molecule has 1 heteroatoms. The van der Waals surface area contributed by atoms with Gasteiger partial charge in [0.25, 0.3) is 0 Å². The normalized spacial score (nSPS) is 13.4. The smallest absolute Gasteiger partial charge is 0.0540 e. The van der Waals surface area contributed by atoms with Crippen LogP contribution < -0.4 is 0 Å². The quantitative estimate of drug-likeness (QED) is 0.0984. The number of aliphatic hydroxyl groups is 1. The molecule has 0 aliphatic carbocycles. The second-order valence-corrected chi connectivity index (χ2v) is 12.0. The molecule has 2 unspecified atom stereocenters. The Balaban J connectivity index is 3.25. The van der Waals surface area contributed by atoms with Gasteiger partial charge in [0.15, 0.2) is 0 Å². The lowest BCUT2D eigenvalue weighted by atomic mass is 9.95. The molecule has 35 heavy (non-hydrogen) atoms. The van der Waals surface area contributed by atoms with Gasteiger partial charge in [-0.05, 0) is 18.8 Å². The van der Waals surface area contributed by atoms with Gasteiger partial charge in [0.2, 0.25) is 0 Å². The zero-order chi connectivity index (χ0) is 25.7. The lowest BCUT2D eigenvalue weighted by molar-refractivity contribution is 0.146. The second-order valence-electron chi connectivity index (χ2n) is 12.0. The summed E-state index contributed by atoms with van der Waals surface area (Å²) in [6.45, 7) is 7.03. The minimum Gasteiger partial charge on any atom is -0.393 e. The van der Waals surface area contributed by atoms with Crippen molar-refractivity contribution < 1.29 is 5.11 Å². The summed E-state index contributed by atoms with van der Waals surface area (Å²) >= 11 is 0. The van der Waals surface area contributed by atoms with E-state index in [0.29, 0.717) is 0 Å². The van der Waals surface area contributed by atoms with E-state index in [1.165, 1.54) is 173 Å². The fourth-order valence-electron chi connectivity index (χ4n) is 5.54. The standard InChI is InChI=1S/C34H70O/c1-4-6-8-10-12-14-15-16-17-18-20-21-23-25-29-33(3)30-27-28-32-34(35)31-26-24-22-19-13-11-9-7-5-2/h33-35H,4-32H2,1-3H3. The van der Waals surface area contributed by atoms with E-state index < -0.39 is 0 Å². The molecule has 0 aliphatic heterocycles. The Morgan fingerprint density at radius 1 is 0.343 bits per heavy atom. The van der Waals surface area contributed by atoms with Crippen LogP contribution in [0.15, 0.2) is 0 Å². The van der Waals surface area contributed by atoms with Gasteiger partial charge in [0, 0.05) is 0 Å². The lowest BCUT2D eigenvalue weighted by Crippen LogP contribution is -2.06. The summed E-state index contributed by atoms with van der Waals surface area (Å²) in [5, 5.41) is 10.3. The van der Waals surface area contributed by atoms with Gasteiger partial charge in [-0.3, -0.25) is 0 Å². The maximum absolute atomic E-state index is 10.3. The average Bonchev–Trinajstić information content (AvgIpc) is 2.86. The third kappa shape index (κ3) is 30.1. The highest BCUT2D eigenvalue weighted by Gasteiger charge is 2.06. The van der Waals surface area contributed by atoms with Crippen LogP contribution in [0.3, 0.4) is 0 Å². The van der Waals surface area contributed by atoms with Crippen molar-refractivity contribution in [3.63, 3.8) is 0 Å². The lowest BCUT2D eigenvalue weighted by Gasteiger charge is -2.13. The maximum Gasteiger partial charge on any atom is 0.0540 e. The van der Waals surface area contributed by atoms with Crippen molar-refractivity contribution >= 4 is 0 Å². The van der Waals surface area contributed by atoms with Crippen molar-refractivity contribution in [2.45, 2.75) is 213 Å². The topological polar surface area (TPSA) is 20.2 Å². The van der Waals surface area contributed by atoms with Gasteiger partial charge in [-0.25, -0.2) is 0 Å². The molecular formula is C34H70O. The molecule has 0 aromatic rings. The summed E-state index contributed by atoms with van der Waals surface area (Å²) in [6, 6.07) is 0. The molecule has 0 radical (unpaired) electrons. The number of hydrogen-bond acceptors (Lipinski definition) is 1. The average molecular weight is 495 g/mol. The number of unbranched alkanes of at least 4 members (excludes halogenated alkanes) is 22. The second kappa shape index (κ2) is 30.2. The van der Waals surface area contributed by atoms with Gasteiger partial charge in [0.1, 0.15) is 0 Å². The van der Waals surface area contributed by atoms with Crippen molar-refractivity contribution in [2.24, 2.45) is 5.92 Å². The van der Waals surface area contributed by atoms with Crippen LogP contribution in [0.4, 0.5) is 0 Å². The van der Waals surface area contributed by atoms with Crippen molar-refractivity contribution in [1.29, 1.82) is 0 Å². The summed E-state index contributed by atoms with van der Waals surface area (Å²) < 4.78 is 0. The Morgan fingerprint density at radius 3 is 0.914 bits per heavy atom. The number of rotatable bonds is 30. The Hall–Kier alpha value is -0.0400. The van der Waals surface area contributed by atoms with Crippen molar-refractivity contribution in [1.82, 2.24) is 0 Å².